The monoisotopic (exact) mass is 281 g/mol. The Labute approximate surface area is 120 Å². The lowest BCUT2D eigenvalue weighted by molar-refractivity contribution is -0.137. The first-order valence-corrected chi connectivity index (χ1v) is 6.81. The van der Waals surface area contributed by atoms with Gasteiger partial charge in [-0.15, -0.1) is 0 Å². The maximum Gasteiger partial charge on any atom is 0.263 e. The van der Waals surface area contributed by atoms with Gasteiger partial charge in [0.2, 0.25) is 0 Å². The summed E-state index contributed by atoms with van der Waals surface area (Å²) in [5, 5.41) is 9.36. The highest BCUT2D eigenvalue weighted by molar-refractivity contribution is 5.81. The average Bonchev–Trinajstić information content (AvgIpc) is 2.48. The third-order valence-electron chi connectivity index (χ3n) is 3.17. The summed E-state index contributed by atoms with van der Waals surface area (Å²) in [6.45, 7) is 6.67. The van der Waals surface area contributed by atoms with Gasteiger partial charge in [-0.05, 0) is 26.8 Å². The third kappa shape index (κ3) is 3.63. The van der Waals surface area contributed by atoms with Crippen LogP contribution in [0.2, 0.25) is 0 Å². The van der Waals surface area contributed by atoms with Gasteiger partial charge in [0.05, 0.1) is 13.7 Å². The molecule has 1 unspecified atom stereocenters. The van der Waals surface area contributed by atoms with Gasteiger partial charge in [-0.3, -0.25) is 4.79 Å². The van der Waals surface area contributed by atoms with Crippen LogP contribution in [0.1, 0.15) is 26.3 Å². The number of carbonyl (C=O) groups is 1. The number of para-hydroxylation sites is 1. The van der Waals surface area contributed by atoms with E-state index in [1.54, 1.807) is 30.0 Å². The Morgan fingerprint density at radius 3 is 2.50 bits per heavy atom. The molecule has 0 aliphatic carbocycles. The van der Waals surface area contributed by atoms with E-state index in [0.29, 0.717) is 30.2 Å². The quantitative estimate of drug-likeness (QED) is 0.828. The fourth-order valence-corrected chi connectivity index (χ4v) is 2.00. The number of ether oxygens (including phenoxy) is 2. The molecule has 1 N–H and O–H groups in total. The molecule has 1 atom stereocenters. The highest BCUT2D eigenvalue weighted by atomic mass is 16.5. The standard InChI is InChI=1S/C15H23NO4/c1-5-16(6-2)15(18)11(3)20-14-12(10-17)8-7-9-13(14)19-4/h7-9,11,17H,5-6,10H2,1-4H3. The summed E-state index contributed by atoms with van der Waals surface area (Å²) < 4.78 is 10.9. The highest BCUT2D eigenvalue weighted by Crippen LogP contribution is 2.32. The van der Waals surface area contributed by atoms with Crippen molar-refractivity contribution >= 4 is 5.91 Å². The first-order valence-electron chi connectivity index (χ1n) is 6.81. The number of nitrogens with zero attached hydrogens (tertiary/aromatic N) is 1. The van der Waals surface area contributed by atoms with Gasteiger partial charge in [-0.1, -0.05) is 12.1 Å². The maximum atomic E-state index is 12.2. The molecule has 0 fully saturated rings. The SMILES string of the molecule is CCN(CC)C(=O)C(C)Oc1c(CO)cccc1OC. The van der Waals surface area contributed by atoms with Crippen LogP contribution in [0.5, 0.6) is 11.5 Å². The van der Waals surface area contributed by atoms with Crippen molar-refractivity contribution in [3.05, 3.63) is 23.8 Å². The first-order chi connectivity index (χ1) is 9.58. The van der Waals surface area contributed by atoms with Gasteiger partial charge in [0, 0.05) is 18.7 Å². The van der Waals surface area contributed by atoms with Crippen LogP contribution in [-0.4, -0.2) is 42.2 Å². The number of likely N-dealkylation sites (N-methyl/N-ethyl adjacent to an activating group) is 1. The van der Waals surface area contributed by atoms with Crippen LogP contribution in [0.3, 0.4) is 0 Å². The second-order valence-corrected chi connectivity index (χ2v) is 4.38. The molecule has 1 amide bonds. The zero-order valence-electron chi connectivity index (χ0n) is 12.5. The Morgan fingerprint density at radius 2 is 2.00 bits per heavy atom. The van der Waals surface area contributed by atoms with E-state index in [2.05, 4.69) is 0 Å². The number of amides is 1. The molecule has 0 radical (unpaired) electrons. The zero-order chi connectivity index (χ0) is 15.1. The van der Waals surface area contributed by atoms with Crippen LogP contribution >= 0.6 is 0 Å². The molecule has 0 saturated carbocycles. The van der Waals surface area contributed by atoms with Gasteiger partial charge < -0.3 is 19.5 Å². The number of aliphatic hydroxyl groups is 1. The summed E-state index contributed by atoms with van der Waals surface area (Å²) in [5.74, 6) is 0.853. The zero-order valence-corrected chi connectivity index (χ0v) is 12.5. The van der Waals surface area contributed by atoms with Gasteiger partial charge in [0.1, 0.15) is 0 Å². The molecule has 5 heteroatoms. The number of benzene rings is 1. The second-order valence-electron chi connectivity index (χ2n) is 4.38. The van der Waals surface area contributed by atoms with E-state index in [1.165, 1.54) is 7.11 Å². The highest BCUT2D eigenvalue weighted by Gasteiger charge is 2.22. The molecule has 20 heavy (non-hydrogen) atoms. The predicted octanol–water partition coefficient (Wildman–Crippen LogP) is 1.82. The Kier molecular flexibility index (Phi) is 6.31. The lowest BCUT2D eigenvalue weighted by atomic mass is 10.2. The third-order valence-corrected chi connectivity index (χ3v) is 3.17. The smallest absolute Gasteiger partial charge is 0.263 e. The minimum Gasteiger partial charge on any atom is -0.493 e. The molecular weight excluding hydrogens is 258 g/mol. The summed E-state index contributed by atoms with van der Waals surface area (Å²) in [7, 11) is 1.53. The summed E-state index contributed by atoms with van der Waals surface area (Å²) in [6, 6.07) is 5.25. The van der Waals surface area contributed by atoms with E-state index in [9.17, 15) is 9.90 Å². The average molecular weight is 281 g/mol. The van der Waals surface area contributed by atoms with E-state index in [-0.39, 0.29) is 12.5 Å². The minimum atomic E-state index is -0.628. The molecule has 0 heterocycles. The molecule has 1 rings (SSSR count). The fraction of sp³-hybridized carbons (Fsp3) is 0.533. The van der Waals surface area contributed by atoms with E-state index in [0.717, 1.165) is 0 Å². The van der Waals surface area contributed by atoms with Gasteiger partial charge in [-0.2, -0.15) is 0 Å². The van der Waals surface area contributed by atoms with Crippen molar-refractivity contribution in [2.75, 3.05) is 20.2 Å². The van der Waals surface area contributed by atoms with Crippen LogP contribution in [0.25, 0.3) is 0 Å². The topological polar surface area (TPSA) is 59.0 Å². The van der Waals surface area contributed by atoms with Gasteiger partial charge in [0.15, 0.2) is 17.6 Å². The van der Waals surface area contributed by atoms with Crippen molar-refractivity contribution < 1.29 is 19.4 Å². The van der Waals surface area contributed by atoms with Crippen LogP contribution in [0.4, 0.5) is 0 Å². The number of methoxy groups -OCH3 is 1. The maximum absolute atomic E-state index is 12.2. The van der Waals surface area contributed by atoms with Crippen molar-refractivity contribution in [2.45, 2.75) is 33.5 Å². The Morgan fingerprint density at radius 1 is 1.35 bits per heavy atom. The second kappa shape index (κ2) is 7.75. The Bertz CT molecular complexity index is 421. The number of carbonyl (C=O) groups excluding carboxylic acids is 1. The molecule has 0 bridgehead atoms. The van der Waals surface area contributed by atoms with Crippen molar-refractivity contribution in [3.63, 3.8) is 0 Å². The Hall–Kier alpha value is -1.75. The van der Waals surface area contributed by atoms with Crippen molar-refractivity contribution in [2.24, 2.45) is 0 Å². The molecule has 1 aromatic rings. The van der Waals surface area contributed by atoms with Gasteiger partial charge in [0.25, 0.3) is 5.91 Å². The van der Waals surface area contributed by atoms with E-state index in [4.69, 9.17) is 9.47 Å². The summed E-state index contributed by atoms with van der Waals surface area (Å²) in [4.78, 5) is 13.9. The normalized spacial score (nSPS) is 11.8. The van der Waals surface area contributed by atoms with Crippen LogP contribution in [0, 0.1) is 0 Å². The van der Waals surface area contributed by atoms with Gasteiger partial charge >= 0.3 is 0 Å². The molecule has 0 aliphatic rings. The number of hydrogen-bond acceptors (Lipinski definition) is 4. The van der Waals surface area contributed by atoms with Crippen LogP contribution in [0.15, 0.2) is 18.2 Å². The van der Waals surface area contributed by atoms with E-state index >= 15 is 0 Å². The molecular formula is C15H23NO4. The lowest BCUT2D eigenvalue weighted by Crippen LogP contribution is -2.40. The molecule has 0 spiro atoms. The molecule has 0 aliphatic heterocycles. The largest absolute Gasteiger partial charge is 0.493 e. The number of aliphatic hydroxyl groups excluding tert-OH is 1. The lowest BCUT2D eigenvalue weighted by Gasteiger charge is -2.24. The van der Waals surface area contributed by atoms with Crippen LogP contribution in [-0.2, 0) is 11.4 Å². The fourth-order valence-electron chi connectivity index (χ4n) is 2.00. The molecule has 112 valence electrons. The Balaban J connectivity index is 2.94. The minimum absolute atomic E-state index is 0.0789. The molecule has 0 saturated heterocycles. The van der Waals surface area contributed by atoms with Crippen LogP contribution < -0.4 is 9.47 Å². The number of hydrogen-bond donors (Lipinski definition) is 1. The molecule has 1 aromatic carbocycles. The first kappa shape index (κ1) is 16.3. The summed E-state index contributed by atoms with van der Waals surface area (Å²) in [5.41, 5.74) is 0.601. The molecule has 5 nitrogen and oxygen atoms in total. The van der Waals surface area contributed by atoms with E-state index < -0.39 is 6.10 Å². The van der Waals surface area contributed by atoms with Crippen molar-refractivity contribution in [1.82, 2.24) is 4.90 Å². The van der Waals surface area contributed by atoms with Crippen molar-refractivity contribution in [1.29, 1.82) is 0 Å². The summed E-state index contributed by atoms with van der Waals surface area (Å²) >= 11 is 0. The summed E-state index contributed by atoms with van der Waals surface area (Å²) in [6.07, 6.45) is -0.628. The van der Waals surface area contributed by atoms with Gasteiger partial charge in [-0.25, -0.2) is 0 Å². The van der Waals surface area contributed by atoms with Crippen molar-refractivity contribution in [3.8, 4) is 11.5 Å². The number of rotatable bonds is 7. The van der Waals surface area contributed by atoms with E-state index in [1.807, 2.05) is 13.8 Å². The predicted molar refractivity (Wildman–Crippen MR) is 76.9 cm³/mol. The molecule has 0 aromatic heterocycles.